The lowest BCUT2D eigenvalue weighted by molar-refractivity contribution is 0.551. The molecule has 6 heteroatoms. The molecule has 0 bridgehead atoms. The summed E-state index contributed by atoms with van der Waals surface area (Å²) in [5.74, 6) is 0.445. The number of nitrogens with one attached hydrogen (secondary N) is 1. The third-order valence-corrected chi connectivity index (χ3v) is 4.04. The van der Waals surface area contributed by atoms with Crippen LogP contribution in [0.25, 0.3) is 0 Å². The Morgan fingerprint density at radius 3 is 2.18 bits per heavy atom. The van der Waals surface area contributed by atoms with Crippen molar-refractivity contribution in [2.75, 3.05) is 6.54 Å². The van der Waals surface area contributed by atoms with Crippen LogP contribution in [0.3, 0.4) is 0 Å². The number of rotatable bonds is 5. The van der Waals surface area contributed by atoms with E-state index in [4.69, 9.17) is 23.2 Å². The Balaban J connectivity index is 2.82. The Morgan fingerprint density at radius 1 is 1.18 bits per heavy atom. The predicted octanol–water partition coefficient (Wildman–Crippen LogP) is 3.32. The maximum atomic E-state index is 11.9. The van der Waals surface area contributed by atoms with Crippen LogP contribution in [0.4, 0.5) is 0 Å². The zero-order valence-corrected chi connectivity index (χ0v) is 12.0. The molecule has 17 heavy (non-hydrogen) atoms. The van der Waals surface area contributed by atoms with Crippen LogP contribution < -0.4 is 4.72 Å². The van der Waals surface area contributed by atoms with Gasteiger partial charge in [0.1, 0.15) is 0 Å². The highest BCUT2D eigenvalue weighted by Gasteiger charge is 2.14. The van der Waals surface area contributed by atoms with Crippen molar-refractivity contribution in [3.8, 4) is 0 Å². The summed E-state index contributed by atoms with van der Waals surface area (Å²) in [6.07, 6.45) is 0.785. The molecule has 0 radical (unpaired) electrons. The molecule has 3 nitrogen and oxygen atoms in total. The Morgan fingerprint density at radius 2 is 1.71 bits per heavy atom. The number of halogens is 2. The largest absolute Gasteiger partial charge is 0.240 e. The van der Waals surface area contributed by atoms with Gasteiger partial charge >= 0.3 is 0 Å². The van der Waals surface area contributed by atoms with Crippen molar-refractivity contribution < 1.29 is 8.42 Å². The molecule has 0 fully saturated rings. The Hall–Kier alpha value is -0.290. The first-order valence-electron chi connectivity index (χ1n) is 5.27. The monoisotopic (exact) mass is 295 g/mol. The van der Waals surface area contributed by atoms with E-state index in [0.717, 1.165) is 6.42 Å². The Bertz CT molecular complexity index is 466. The molecule has 0 saturated heterocycles. The minimum atomic E-state index is -3.52. The van der Waals surface area contributed by atoms with Gasteiger partial charge in [-0.05, 0) is 30.5 Å². The van der Waals surface area contributed by atoms with Crippen LogP contribution in [0.1, 0.15) is 20.3 Å². The van der Waals surface area contributed by atoms with Gasteiger partial charge in [0.25, 0.3) is 0 Å². The van der Waals surface area contributed by atoms with Crippen molar-refractivity contribution in [3.05, 3.63) is 28.2 Å². The van der Waals surface area contributed by atoms with E-state index in [9.17, 15) is 8.42 Å². The molecular formula is C11H15Cl2NO2S. The maximum Gasteiger partial charge on any atom is 0.240 e. The van der Waals surface area contributed by atoms with E-state index in [1.807, 2.05) is 13.8 Å². The van der Waals surface area contributed by atoms with Gasteiger partial charge in [0.2, 0.25) is 10.0 Å². The maximum absolute atomic E-state index is 11.9. The van der Waals surface area contributed by atoms with Gasteiger partial charge in [-0.2, -0.15) is 0 Å². The third-order valence-electron chi connectivity index (χ3n) is 2.16. The number of benzene rings is 1. The Labute approximate surface area is 112 Å². The van der Waals surface area contributed by atoms with Gasteiger partial charge in [-0.3, -0.25) is 0 Å². The van der Waals surface area contributed by atoms with Crippen LogP contribution >= 0.6 is 23.2 Å². The zero-order chi connectivity index (χ0) is 13.1. The zero-order valence-electron chi connectivity index (χ0n) is 9.70. The van der Waals surface area contributed by atoms with Crippen molar-refractivity contribution in [1.29, 1.82) is 0 Å². The van der Waals surface area contributed by atoms with Crippen molar-refractivity contribution in [3.63, 3.8) is 0 Å². The van der Waals surface area contributed by atoms with Crippen LogP contribution in [0.15, 0.2) is 23.1 Å². The Kier molecular flexibility index (Phi) is 5.25. The molecule has 0 aliphatic rings. The lowest BCUT2D eigenvalue weighted by Gasteiger charge is -2.09. The average Bonchev–Trinajstić information content (AvgIpc) is 2.14. The van der Waals surface area contributed by atoms with Crippen molar-refractivity contribution in [1.82, 2.24) is 4.72 Å². The second kappa shape index (κ2) is 6.05. The molecular weight excluding hydrogens is 281 g/mol. The normalized spacial score (nSPS) is 12.1. The van der Waals surface area contributed by atoms with Gasteiger partial charge in [0.15, 0.2) is 0 Å². The molecule has 1 rings (SSSR count). The van der Waals surface area contributed by atoms with Crippen molar-refractivity contribution in [2.45, 2.75) is 25.2 Å². The third kappa shape index (κ3) is 4.84. The first kappa shape index (κ1) is 14.8. The van der Waals surface area contributed by atoms with Crippen LogP contribution in [0, 0.1) is 5.92 Å². The van der Waals surface area contributed by atoms with Crippen LogP contribution in [-0.4, -0.2) is 15.0 Å². The molecule has 96 valence electrons. The van der Waals surface area contributed by atoms with Gasteiger partial charge in [0, 0.05) is 16.6 Å². The van der Waals surface area contributed by atoms with Crippen LogP contribution in [0.5, 0.6) is 0 Å². The fraction of sp³-hybridized carbons (Fsp3) is 0.455. The smallest absolute Gasteiger partial charge is 0.211 e. The van der Waals surface area contributed by atoms with Gasteiger partial charge in [-0.1, -0.05) is 37.0 Å². The summed E-state index contributed by atoms with van der Waals surface area (Å²) >= 11 is 11.5. The fourth-order valence-corrected chi connectivity index (χ4v) is 3.02. The summed E-state index contributed by atoms with van der Waals surface area (Å²) in [5.41, 5.74) is 0. The molecule has 0 aliphatic carbocycles. The summed E-state index contributed by atoms with van der Waals surface area (Å²) in [6, 6.07) is 4.26. The van der Waals surface area contributed by atoms with E-state index in [1.165, 1.54) is 18.2 Å². The molecule has 0 amide bonds. The quantitative estimate of drug-likeness (QED) is 0.906. The summed E-state index contributed by atoms with van der Waals surface area (Å²) < 4.78 is 26.3. The minimum absolute atomic E-state index is 0.0961. The van der Waals surface area contributed by atoms with Gasteiger partial charge in [-0.25, -0.2) is 13.1 Å². The van der Waals surface area contributed by atoms with E-state index in [-0.39, 0.29) is 4.90 Å². The summed E-state index contributed by atoms with van der Waals surface area (Å²) in [6.45, 7) is 4.47. The van der Waals surface area contributed by atoms with E-state index in [2.05, 4.69) is 4.72 Å². The molecule has 1 N–H and O–H groups in total. The number of sulfonamides is 1. The predicted molar refractivity (Wildman–Crippen MR) is 71.1 cm³/mol. The number of hydrogen-bond donors (Lipinski definition) is 1. The molecule has 0 aromatic heterocycles. The molecule has 0 aliphatic heterocycles. The van der Waals surface area contributed by atoms with Gasteiger partial charge in [0.05, 0.1) is 4.90 Å². The lowest BCUT2D eigenvalue weighted by atomic mass is 10.1. The molecule has 0 saturated carbocycles. The summed E-state index contributed by atoms with van der Waals surface area (Å²) in [4.78, 5) is 0.0961. The average molecular weight is 296 g/mol. The molecule has 1 aromatic rings. The minimum Gasteiger partial charge on any atom is -0.211 e. The highest BCUT2D eigenvalue weighted by Crippen LogP contribution is 2.22. The first-order valence-corrected chi connectivity index (χ1v) is 7.51. The molecule has 0 heterocycles. The first-order chi connectivity index (χ1) is 7.81. The van der Waals surface area contributed by atoms with Crippen molar-refractivity contribution >= 4 is 33.2 Å². The second-order valence-electron chi connectivity index (χ2n) is 4.19. The van der Waals surface area contributed by atoms with Gasteiger partial charge in [-0.15, -0.1) is 0 Å². The molecule has 0 unspecified atom stereocenters. The molecule has 0 atom stereocenters. The fourth-order valence-electron chi connectivity index (χ4n) is 1.25. The topological polar surface area (TPSA) is 46.2 Å². The van der Waals surface area contributed by atoms with Crippen LogP contribution in [-0.2, 0) is 10.0 Å². The summed E-state index contributed by atoms with van der Waals surface area (Å²) in [5, 5.41) is 0.614. The highest BCUT2D eigenvalue weighted by molar-refractivity contribution is 7.89. The van der Waals surface area contributed by atoms with Gasteiger partial charge < -0.3 is 0 Å². The molecule has 0 spiro atoms. The highest BCUT2D eigenvalue weighted by atomic mass is 35.5. The molecule has 1 aromatic carbocycles. The van der Waals surface area contributed by atoms with E-state index in [0.29, 0.717) is 22.5 Å². The second-order valence-corrected chi connectivity index (χ2v) is 6.83. The van der Waals surface area contributed by atoms with E-state index in [1.54, 1.807) is 0 Å². The van der Waals surface area contributed by atoms with Crippen molar-refractivity contribution in [2.24, 2.45) is 5.92 Å². The number of hydrogen-bond acceptors (Lipinski definition) is 2. The SMILES string of the molecule is CC(C)CCNS(=O)(=O)c1cc(Cl)cc(Cl)c1. The summed E-state index contributed by atoms with van der Waals surface area (Å²) in [7, 11) is -3.52. The standard InChI is InChI=1S/C11H15Cl2NO2S/c1-8(2)3-4-14-17(15,16)11-6-9(12)5-10(13)7-11/h5-8,14H,3-4H2,1-2H3. The van der Waals surface area contributed by atoms with E-state index >= 15 is 0 Å². The lowest BCUT2D eigenvalue weighted by Crippen LogP contribution is -2.25. The van der Waals surface area contributed by atoms with E-state index < -0.39 is 10.0 Å². The van der Waals surface area contributed by atoms with Crippen LogP contribution in [0.2, 0.25) is 10.0 Å².